The molecule has 0 aromatic carbocycles. The number of aromatic amines is 1. The third kappa shape index (κ3) is 1.46. The smallest absolute Gasteiger partial charge is 0.146 e. The minimum atomic E-state index is -0.398. The Bertz CT molecular complexity index is 464. The SMILES string of the molecule is OC1CCCc2sc(-c3cn[nH]n3)nc21. The summed E-state index contributed by atoms with van der Waals surface area (Å²) in [4.78, 5) is 5.61. The third-order valence-corrected chi connectivity index (χ3v) is 3.71. The minimum Gasteiger partial charge on any atom is -0.387 e. The Labute approximate surface area is 90.2 Å². The quantitative estimate of drug-likeness (QED) is 0.762. The first-order valence-electron chi connectivity index (χ1n) is 4.88. The first-order chi connectivity index (χ1) is 7.34. The second kappa shape index (κ2) is 3.39. The van der Waals surface area contributed by atoms with Crippen LogP contribution in [-0.2, 0) is 6.42 Å². The van der Waals surface area contributed by atoms with E-state index in [4.69, 9.17) is 0 Å². The number of aromatic nitrogens is 4. The summed E-state index contributed by atoms with van der Waals surface area (Å²) in [6.07, 6.45) is 4.12. The normalized spacial score (nSPS) is 20.2. The molecule has 15 heavy (non-hydrogen) atoms. The van der Waals surface area contributed by atoms with E-state index in [0.29, 0.717) is 0 Å². The molecule has 5 nitrogen and oxygen atoms in total. The Hall–Kier alpha value is -1.27. The molecule has 2 aromatic rings. The van der Waals surface area contributed by atoms with Gasteiger partial charge in [-0.25, -0.2) is 4.98 Å². The van der Waals surface area contributed by atoms with Crippen molar-refractivity contribution < 1.29 is 5.11 Å². The molecule has 0 amide bonds. The highest BCUT2D eigenvalue weighted by Crippen LogP contribution is 2.36. The van der Waals surface area contributed by atoms with E-state index >= 15 is 0 Å². The number of rotatable bonds is 1. The molecule has 2 N–H and O–H groups in total. The topological polar surface area (TPSA) is 74.7 Å². The van der Waals surface area contributed by atoms with Crippen molar-refractivity contribution in [3.8, 4) is 10.7 Å². The molecule has 0 saturated heterocycles. The van der Waals surface area contributed by atoms with Gasteiger partial charge in [0.05, 0.1) is 18.0 Å². The first-order valence-corrected chi connectivity index (χ1v) is 5.70. The van der Waals surface area contributed by atoms with E-state index in [1.54, 1.807) is 17.5 Å². The fourth-order valence-electron chi connectivity index (χ4n) is 1.81. The number of thiazole rings is 1. The number of hydrogen-bond acceptors (Lipinski definition) is 5. The standard InChI is InChI=1S/C9H10N4OS/c14-6-2-1-3-7-8(6)11-9(15-7)5-4-10-13-12-5/h4,6,14H,1-3H2,(H,10,12,13). The fourth-order valence-corrected chi connectivity index (χ4v) is 2.92. The van der Waals surface area contributed by atoms with Crippen LogP contribution in [0.15, 0.2) is 6.20 Å². The van der Waals surface area contributed by atoms with Gasteiger partial charge in [0.15, 0.2) is 0 Å². The van der Waals surface area contributed by atoms with E-state index in [2.05, 4.69) is 20.4 Å². The summed E-state index contributed by atoms with van der Waals surface area (Å²) < 4.78 is 0. The van der Waals surface area contributed by atoms with Crippen LogP contribution in [0, 0.1) is 0 Å². The van der Waals surface area contributed by atoms with Gasteiger partial charge in [0.1, 0.15) is 10.7 Å². The molecule has 78 valence electrons. The lowest BCUT2D eigenvalue weighted by Gasteiger charge is -2.14. The Morgan fingerprint density at radius 2 is 2.47 bits per heavy atom. The average Bonchev–Trinajstić information content (AvgIpc) is 2.86. The molecule has 2 aromatic heterocycles. The van der Waals surface area contributed by atoms with Crippen LogP contribution in [0.3, 0.4) is 0 Å². The molecular formula is C9H10N4OS. The van der Waals surface area contributed by atoms with Crippen molar-refractivity contribution >= 4 is 11.3 Å². The molecule has 0 fully saturated rings. The van der Waals surface area contributed by atoms with Gasteiger partial charge in [-0.15, -0.1) is 11.3 Å². The van der Waals surface area contributed by atoms with Gasteiger partial charge in [0.25, 0.3) is 0 Å². The predicted molar refractivity (Wildman–Crippen MR) is 55.4 cm³/mol. The van der Waals surface area contributed by atoms with E-state index < -0.39 is 6.10 Å². The Morgan fingerprint density at radius 1 is 1.53 bits per heavy atom. The summed E-state index contributed by atoms with van der Waals surface area (Å²) in [5.74, 6) is 0. The maximum absolute atomic E-state index is 9.77. The molecule has 0 saturated carbocycles. The van der Waals surface area contributed by atoms with Gasteiger partial charge < -0.3 is 5.11 Å². The zero-order chi connectivity index (χ0) is 10.3. The highest BCUT2D eigenvalue weighted by Gasteiger charge is 2.23. The lowest BCUT2D eigenvalue weighted by atomic mass is 10.0. The number of hydrogen-bond donors (Lipinski definition) is 2. The summed E-state index contributed by atoms with van der Waals surface area (Å²) >= 11 is 1.60. The molecule has 2 heterocycles. The summed E-state index contributed by atoms with van der Waals surface area (Å²) in [7, 11) is 0. The monoisotopic (exact) mass is 222 g/mol. The van der Waals surface area contributed by atoms with Gasteiger partial charge in [-0.3, -0.25) is 0 Å². The fraction of sp³-hybridized carbons (Fsp3) is 0.444. The van der Waals surface area contributed by atoms with Crippen molar-refractivity contribution in [3.63, 3.8) is 0 Å². The van der Waals surface area contributed by atoms with Gasteiger partial charge in [0.2, 0.25) is 0 Å². The maximum Gasteiger partial charge on any atom is 0.146 e. The van der Waals surface area contributed by atoms with Gasteiger partial charge in [-0.1, -0.05) is 0 Å². The zero-order valence-corrected chi connectivity index (χ0v) is 8.79. The lowest BCUT2D eigenvalue weighted by Crippen LogP contribution is -2.07. The summed E-state index contributed by atoms with van der Waals surface area (Å²) in [6.45, 7) is 0. The van der Waals surface area contributed by atoms with E-state index in [9.17, 15) is 5.11 Å². The molecule has 0 bridgehead atoms. The van der Waals surface area contributed by atoms with Crippen molar-refractivity contribution in [2.75, 3.05) is 0 Å². The molecule has 0 aliphatic heterocycles. The van der Waals surface area contributed by atoms with Crippen molar-refractivity contribution in [1.82, 2.24) is 20.4 Å². The van der Waals surface area contributed by atoms with Crippen LogP contribution in [0.5, 0.6) is 0 Å². The van der Waals surface area contributed by atoms with Crippen molar-refractivity contribution in [2.45, 2.75) is 25.4 Å². The Kier molecular flexibility index (Phi) is 2.03. The molecule has 1 unspecified atom stereocenters. The average molecular weight is 222 g/mol. The highest BCUT2D eigenvalue weighted by molar-refractivity contribution is 7.15. The molecule has 1 atom stereocenters. The van der Waals surface area contributed by atoms with E-state index in [1.165, 1.54) is 4.88 Å². The molecule has 3 rings (SSSR count). The van der Waals surface area contributed by atoms with Crippen LogP contribution >= 0.6 is 11.3 Å². The number of fused-ring (bicyclic) bond motifs is 1. The van der Waals surface area contributed by atoms with Crippen molar-refractivity contribution in [2.24, 2.45) is 0 Å². The highest BCUT2D eigenvalue weighted by atomic mass is 32.1. The number of aryl methyl sites for hydroxylation is 1. The van der Waals surface area contributed by atoms with Crippen LogP contribution in [-0.4, -0.2) is 25.5 Å². The Balaban J connectivity index is 2.06. The predicted octanol–water partition coefficient (Wildman–Crippen LogP) is 1.30. The van der Waals surface area contributed by atoms with E-state index in [0.717, 1.165) is 35.7 Å². The number of H-pyrrole nitrogens is 1. The van der Waals surface area contributed by atoms with Crippen LogP contribution in [0.1, 0.15) is 29.5 Å². The largest absolute Gasteiger partial charge is 0.387 e. The molecule has 6 heteroatoms. The number of aliphatic hydroxyl groups excluding tert-OH is 1. The third-order valence-electron chi connectivity index (χ3n) is 2.56. The summed E-state index contributed by atoms with van der Waals surface area (Å²) in [5, 5.41) is 20.9. The molecule has 1 aliphatic carbocycles. The summed E-state index contributed by atoms with van der Waals surface area (Å²) in [6, 6.07) is 0. The van der Waals surface area contributed by atoms with Crippen LogP contribution in [0.25, 0.3) is 10.7 Å². The number of aliphatic hydroxyl groups is 1. The van der Waals surface area contributed by atoms with Gasteiger partial charge in [-0.05, 0) is 19.3 Å². The van der Waals surface area contributed by atoms with E-state index in [-0.39, 0.29) is 0 Å². The molecule has 1 aliphatic rings. The number of nitrogens with one attached hydrogen (secondary N) is 1. The first kappa shape index (κ1) is 8.99. The second-order valence-electron chi connectivity index (χ2n) is 3.59. The van der Waals surface area contributed by atoms with Gasteiger partial charge in [0, 0.05) is 4.88 Å². The second-order valence-corrected chi connectivity index (χ2v) is 4.67. The molecule has 0 spiro atoms. The van der Waals surface area contributed by atoms with Crippen LogP contribution < -0.4 is 0 Å². The number of nitrogens with zero attached hydrogens (tertiary/aromatic N) is 3. The lowest BCUT2D eigenvalue weighted by molar-refractivity contribution is 0.153. The van der Waals surface area contributed by atoms with Gasteiger partial charge in [-0.2, -0.15) is 15.4 Å². The maximum atomic E-state index is 9.77. The minimum absolute atomic E-state index is 0.398. The van der Waals surface area contributed by atoms with Crippen LogP contribution in [0.2, 0.25) is 0 Å². The Morgan fingerprint density at radius 3 is 3.20 bits per heavy atom. The molecule has 0 radical (unpaired) electrons. The summed E-state index contributed by atoms with van der Waals surface area (Å²) in [5.41, 5.74) is 1.59. The molecular weight excluding hydrogens is 212 g/mol. The van der Waals surface area contributed by atoms with E-state index in [1.807, 2.05) is 0 Å². The van der Waals surface area contributed by atoms with Gasteiger partial charge >= 0.3 is 0 Å². The van der Waals surface area contributed by atoms with Crippen molar-refractivity contribution in [3.05, 3.63) is 16.8 Å². The van der Waals surface area contributed by atoms with Crippen molar-refractivity contribution in [1.29, 1.82) is 0 Å². The zero-order valence-electron chi connectivity index (χ0n) is 7.97. The van der Waals surface area contributed by atoms with Crippen LogP contribution in [0.4, 0.5) is 0 Å².